The van der Waals surface area contributed by atoms with Gasteiger partial charge in [0.05, 0.1) is 12.8 Å². The topological polar surface area (TPSA) is 95.4 Å². The number of carbonyl (C=O) groups excluding carboxylic acids is 2. The van der Waals surface area contributed by atoms with Crippen molar-refractivity contribution in [2.75, 3.05) is 11.5 Å². The molecule has 0 saturated heterocycles. The second kappa shape index (κ2) is 8.36. The average molecular weight is 224 g/mol. The lowest BCUT2D eigenvalue weighted by atomic mass is 10.5. The number of carbonyl (C=O) groups is 2. The molecule has 0 spiro atoms. The minimum absolute atomic E-state index is 0.155. The van der Waals surface area contributed by atoms with Crippen molar-refractivity contribution < 1.29 is 14.3 Å². The van der Waals surface area contributed by atoms with Crippen molar-refractivity contribution in [1.29, 1.82) is 0 Å². The van der Waals surface area contributed by atoms with E-state index in [4.69, 9.17) is 10.3 Å². The molecule has 4 N–H and O–H groups in total. The summed E-state index contributed by atoms with van der Waals surface area (Å²) in [7, 11) is 0. The Morgan fingerprint density at radius 2 is 1.38 bits per heavy atom. The molecule has 7 heteroatoms. The standard InChI is InChI=1S/C6H12N2O3S2/c7-12-3-1-5(9)11-6(10)2-4-13-8/h1-4,7-8H2. The predicted octanol–water partition coefficient (Wildman–Crippen LogP) is 0.0502. The zero-order valence-corrected chi connectivity index (χ0v) is 8.66. The highest BCUT2D eigenvalue weighted by Gasteiger charge is 2.09. The maximum atomic E-state index is 10.8. The van der Waals surface area contributed by atoms with Gasteiger partial charge in [-0.25, -0.2) is 0 Å². The van der Waals surface area contributed by atoms with E-state index in [0.717, 1.165) is 23.9 Å². The second-order valence-electron chi connectivity index (χ2n) is 2.09. The van der Waals surface area contributed by atoms with Crippen LogP contribution in [0.25, 0.3) is 0 Å². The van der Waals surface area contributed by atoms with E-state index >= 15 is 0 Å². The van der Waals surface area contributed by atoms with Gasteiger partial charge in [-0.2, -0.15) is 0 Å². The Morgan fingerprint density at radius 1 is 1.00 bits per heavy atom. The molecule has 0 aliphatic heterocycles. The molecule has 76 valence electrons. The number of nitrogens with two attached hydrogens (primary N) is 2. The van der Waals surface area contributed by atoms with Crippen LogP contribution in [0.5, 0.6) is 0 Å². The second-order valence-corrected chi connectivity index (χ2v) is 3.57. The molecular formula is C6H12N2O3S2. The van der Waals surface area contributed by atoms with Crippen molar-refractivity contribution in [2.24, 2.45) is 10.3 Å². The fourth-order valence-corrected chi connectivity index (χ4v) is 1.08. The Hall–Kier alpha value is -0.240. The van der Waals surface area contributed by atoms with Crippen molar-refractivity contribution in [3.63, 3.8) is 0 Å². The maximum Gasteiger partial charge on any atom is 0.314 e. The molecule has 0 rings (SSSR count). The molecule has 0 aliphatic rings. The van der Waals surface area contributed by atoms with Crippen molar-refractivity contribution >= 4 is 35.8 Å². The van der Waals surface area contributed by atoms with Crippen LogP contribution in [-0.4, -0.2) is 23.4 Å². The van der Waals surface area contributed by atoms with E-state index in [-0.39, 0.29) is 12.8 Å². The van der Waals surface area contributed by atoms with Gasteiger partial charge in [0.15, 0.2) is 0 Å². The summed E-state index contributed by atoms with van der Waals surface area (Å²) in [4.78, 5) is 21.7. The van der Waals surface area contributed by atoms with Crippen LogP contribution in [0.1, 0.15) is 12.8 Å². The van der Waals surface area contributed by atoms with Gasteiger partial charge in [-0.3, -0.25) is 19.9 Å². The van der Waals surface area contributed by atoms with Gasteiger partial charge >= 0.3 is 11.9 Å². The summed E-state index contributed by atoms with van der Waals surface area (Å²) in [6.07, 6.45) is 0.311. The van der Waals surface area contributed by atoms with Crippen LogP contribution in [0, 0.1) is 0 Å². The van der Waals surface area contributed by atoms with Gasteiger partial charge in [0.25, 0.3) is 0 Å². The smallest absolute Gasteiger partial charge is 0.314 e. The first kappa shape index (κ1) is 12.8. The van der Waals surface area contributed by atoms with Crippen LogP contribution in [-0.2, 0) is 14.3 Å². The van der Waals surface area contributed by atoms with Gasteiger partial charge in [-0.05, 0) is 0 Å². The number of rotatable bonds is 6. The Kier molecular flexibility index (Phi) is 8.21. The normalized spacial score (nSPS) is 9.69. The summed E-state index contributed by atoms with van der Waals surface area (Å²) in [6, 6.07) is 0. The molecule has 0 saturated carbocycles. The molecule has 0 heterocycles. The first-order valence-electron chi connectivity index (χ1n) is 3.57. The van der Waals surface area contributed by atoms with Gasteiger partial charge in [0, 0.05) is 11.5 Å². The molecule has 0 aromatic heterocycles. The third kappa shape index (κ3) is 8.10. The van der Waals surface area contributed by atoms with E-state index in [0.29, 0.717) is 11.5 Å². The first-order chi connectivity index (χ1) is 6.20. The third-order valence-electron chi connectivity index (χ3n) is 1.08. The molecule has 13 heavy (non-hydrogen) atoms. The van der Waals surface area contributed by atoms with Gasteiger partial charge in [0.2, 0.25) is 0 Å². The van der Waals surface area contributed by atoms with Crippen LogP contribution in [0.3, 0.4) is 0 Å². The Bertz CT molecular complexity index is 159. The van der Waals surface area contributed by atoms with Crippen LogP contribution < -0.4 is 10.3 Å². The first-order valence-corrected chi connectivity index (χ1v) is 5.67. The summed E-state index contributed by atoms with van der Waals surface area (Å²) in [5.74, 6) is -0.162. The molecule has 0 atom stereocenters. The monoisotopic (exact) mass is 224 g/mol. The molecule has 0 amide bonds. The number of ether oxygens (including phenoxy) is 1. The fraction of sp³-hybridized carbons (Fsp3) is 0.667. The van der Waals surface area contributed by atoms with Crippen molar-refractivity contribution in [3.05, 3.63) is 0 Å². The molecule has 5 nitrogen and oxygen atoms in total. The van der Waals surface area contributed by atoms with Crippen LogP contribution >= 0.6 is 23.9 Å². The van der Waals surface area contributed by atoms with Gasteiger partial charge in [-0.1, -0.05) is 23.9 Å². The van der Waals surface area contributed by atoms with E-state index in [1.165, 1.54) is 0 Å². The average Bonchev–Trinajstić information content (AvgIpc) is 2.11. The zero-order chi connectivity index (χ0) is 10.1. The summed E-state index contributed by atoms with van der Waals surface area (Å²) >= 11 is 2.08. The minimum atomic E-state index is -0.537. The highest BCUT2D eigenvalue weighted by atomic mass is 32.2. The zero-order valence-electron chi connectivity index (χ0n) is 7.02. The van der Waals surface area contributed by atoms with E-state index in [1.807, 2.05) is 0 Å². The van der Waals surface area contributed by atoms with E-state index < -0.39 is 11.9 Å². The molecule has 0 bridgehead atoms. The predicted molar refractivity (Wildman–Crippen MR) is 53.6 cm³/mol. The van der Waals surface area contributed by atoms with Gasteiger partial charge in [0.1, 0.15) is 0 Å². The molecule has 0 aromatic rings. The fourth-order valence-electron chi connectivity index (χ4n) is 0.514. The lowest BCUT2D eigenvalue weighted by Crippen LogP contribution is -2.13. The maximum absolute atomic E-state index is 10.8. The molecule has 0 fully saturated rings. The van der Waals surface area contributed by atoms with Crippen molar-refractivity contribution in [1.82, 2.24) is 0 Å². The Balaban J connectivity index is 3.47. The molecule has 0 aromatic carbocycles. The lowest BCUT2D eigenvalue weighted by molar-refractivity contribution is -0.159. The summed E-state index contributed by atoms with van der Waals surface area (Å²) < 4.78 is 4.44. The summed E-state index contributed by atoms with van der Waals surface area (Å²) in [6.45, 7) is 0. The number of hydrogen-bond acceptors (Lipinski definition) is 7. The third-order valence-corrected chi connectivity index (χ3v) is 1.96. The van der Waals surface area contributed by atoms with Gasteiger partial charge < -0.3 is 4.74 Å². The lowest BCUT2D eigenvalue weighted by Gasteiger charge is -2.00. The molecular weight excluding hydrogens is 212 g/mol. The summed E-state index contributed by atoms with van der Waals surface area (Å²) in [5.41, 5.74) is 0. The summed E-state index contributed by atoms with van der Waals surface area (Å²) in [5, 5.41) is 10.2. The molecule has 0 aliphatic carbocycles. The molecule has 0 radical (unpaired) electrons. The minimum Gasteiger partial charge on any atom is -0.393 e. The largest absolute Gasteiger partial charge is 0.393 e. The molecule has 0 unspecified atom stereocenters. The quantitative estimate of drug-likeness (QED) is 0.374. The van der Waals surface area contributed by atoms with E-state index in [9.17, 15) is 9.59 Å². The number of hydrogen-bond donors (Lipinski definition) is 2. The van der Waals surface area contributed by atoms with Crippen molar-refractivity contribution in [3.8, 4) is 0 Å². The van der Waals surface area contributed by atoms with Crippen LogP contribution in [0.4, 0.5) is 0 Å². The SMILES string of the molecule is NSCCC(=O)OC(=O)CCSN. The highest BCUT2D eigenvalue weighted by molar-refractivity contribution is 7.97. The van der Waals surface area contributed by atoms with Crippen LogP contribution in [0.15, 0.2) is 0 Å². The van der Waals surface area contributed by atoms with Crippen LogP contribution in [0.2, 0.25) is 0 Å². The highest BCUT2D eigenvalue weighted by Crippen LogP contribution is 1.98. The Labute approximate surface area is 85.2 Å². The Morgan fingerprint density at radius 3 is 1.69 bits per heavy atom. The van der Waals surface area contributed by atoms with E-state index in [1.54, 1.807) is 0 Å². The van der Waals surface area contributed by atoms with Crippen molar-refractivity contribution in [2.45, 2.75) is 12.8 Å². The van der Waals surface area contributed by atoms with Gasteiger partial charge in [-0.15, -0.1) is 0 Å². The van der Waals surface area contributed by atoms with E-state index in [2.05, 4.69) is 4.74 Å². The number of esters is 2.